The number of hydrogen-bond acceptors (Lipinski definition) is 4. The van der Waals surface area contributed by atoms with Crippen molar-refractivity contribution in [3.05, 3.63) is 54.1 Å². The highest BCUT2D eigenvalue weighted by Gasteiger charge is 2.40. The summed E-state index contributed by atoms with van der Waals surface area (Å²) in [5.74, 6) is 1.63. The van der Waals surface area contributed by atoms with Gasteiger partial charge in [0, 0.05) is 6.04 Å². The summed E-state index contributed by atoms with van der Waals surface area (Å²) in [6.45, 7) is 4.07. The normalized spacial score (nSPS) is 22.3. The summed E-state index contributed by atoms with van der Waals surface area (Å²) in [6.07, 6.45) is 4.58. The topological polar surface area (TPSA) is 75.7 Å². The second-order valence-electron chi connectivity index (χ2n) is 8.60. The Kier molecular flexibility index (Phi) is 6.23. The van der Waals surface area contributed by atoms with Crippen molar-refractivity contribution in [1.29, 1.82) is 0 Å². The van der Waals surface area contributed by atoms with Crippen LogP contribution in [0.2, 0.25) is 0 Å². The molecule has 3 atom stereocenters. The van der Waals surface area contributed by atoms with Crippen molar-refractivity contribution in [2.24, 2.45) is 11.8 Å². The van der Waals surface area contributed by atoms with Crippen LogP contribution in [-0.4, -0.2) is 33.5 Å². The number of carbonyl (C=O) groups excluding carboxylic acids is 1. The Morgan fingerprint density at radius 2 is 1.77 bits per heavy atom. The van der Waals surface area contributed by atoms with Crippen LogP contribution in [0.15, 0.2) is 53.4 Å². The average molecular weight is 443 g/mol. The van der Waals surface area contributed by atoms with E-state index in [-0.39, 0.29) is 23.4 Å². The molecule has 1 amide bonds. The second kappa shape index (κ2) is 8.91. The predicted molar refractivity (Wildman–Crippen MR) is 121 cm³/mol. The summed E-state index contributed by atoms with van der Waals surface area (Å²) in [4.78, 5) is 13.1. The Bertz CT molecular complexity index is 1020. The Morgan fingerprint density at radius 3 is 2.35 bits per heavy atom. The summed E-state index contributed by atoms with van der Waals surface area (Å²) < 4.78 is 33.6. The molecule has 4 rings (SSSR count). The van der Waals surface area contributed by atoms with Crippen LogP contribution in [-0.2, 0) is 14.8 Å². The minimum absolute atomic E-state index is 0.163. The number of rotatable bonds is 8. The number of aryl methyl sites for hydroxylation is 1. The smallest absolute Gasteiger partial charge is 0.264 e. The molecule has 6 nitrogen and oxygen atoms in total. The Morgan fingerprint density at radius 1 is 1.06 bits per heavy atom. The number of sulfonamides is 1. The van der Waals surface area contributed by atoms with E-state index in [1.54, 1.807) is 48.5 Å². The number of nitrogens with one attached hydrogen (secondary N) is 1. The number of nitrogens with zero attached hydrogens (tertiary/aromatic N) is 1. The first-order valence-corrected chi connectivity index (χ1v) is 12.4. The van der Waals surface area contributed by atoms with Gasteiger partial charge in [0.05, 0.1) is 17.2 Å². The molecule has 0 spiro atoms. The lowest BCUT2D eigenvalue weighted by Crippen LogP contribution is -2.46. The third kappa shape index (κ3) is 4.71. The molecule has 31 heavy (non-hydrogen) atoms. The number of anilines is 1. The highest BCUT2D eigenvalue weighted by atomic mass is 32.2. The molecule has 2 bridgehead atoms. The van der Waals surface area contributed by atoms with Gasteiger partial charge in [-0.3, -0.25) is 9.10 Å². The van der Waals surface area contributed by atoms with Crippen LogP contribution in [0, 0.1) is 18.8 Å². The highest BCUT2D eigenvalue weighted by Crippen LogP contribution is 2.44. The number of ether oxygens (including phenoxy) is 1. The van der Waals surface area contributed by atoms with Gasteiger partial charge in [0.2, 0.25) is 5.91 Å². The predicted octanol–water partition coefficient (Wildman–Crippen LogP) is 3.89. The summed E-state index contributed by atoms with van der Waals surface area (Å²) in [7, 11) is -3.90. The van der Waals surface area contributed by atoms with Crippen molar-refractivity contribution in [2.75, 3.05) is 17.5 Å². The van der Waals surface area contributed by atoms with Crippen LogP contribution in [0.25, 0.3) is 0 Å². The zero-order valence-corrected chi connectivity index (χ0v) is 18.9. The van der Waals surface area contributed by atoms with Gasteiger partial charge in [-0.1, -0.05) is 24.1 Å². The summed E-state index contributed by atoms with van der Waals surface area (Å²) in [6, 6.07) is 13.7. The molecule has 7 heteroatoms. The number of fused-ring (bicyclic) bond motifs is 2. The molecule has 2 aliphatic carbocycles. The monoisotopic (exact) mass is 442 g/mol. The lowest BCUT2D eigenvalue weighted by molar-refractivity contribution is -0.120. The maximum atomic E-state index is 13.5. The van der Waals surface area contributed by atoms with Gasteiger partial charge in [0.1, 0.15) is 12.3 Å². The van der Waals surface area contributed by atoms with Gasteiger partial charge in [0.25, 0.3) is 10.0 Å². The molecule has 0 unspecified atom stereocenters. The van der Waals surface area contributed by atoms with E-state index in [2.05, 4.69) is 5.32 Å². The van der Waals surface area contributed by atoms with E-state index >= 15 is 0 Å². The fraction of sp³-hybridized carbons (Fsp3) is 0.458. The quantitative estimate of drug-likeness (QED) is 0.673. The van der Waals surface area contributed by atoms with Gasteiger partial charge in [-0.25, -0.2) is 8.42 Å². The number of amides is 1. The Labute approximate surface area is 184 Å². The van der Waals surface area contributed by atoms with Crippen molar-refractivity contribution in [3.63, 3.8) is 0 Å². The molecule has 0 aliphatic heterocycles. The van der Waals surface area contributed by atoms with Crippen LogP contribution in [0.5, 0.6) is 5.75 Å². The van der Waals surface area contributed by atoms with Crippen molar-refractivity contribution in [1.82, 2.24) is 5.32 Å². The minimum atomic E-state index is -3.90. The highest BCUT2D eigenvalue weighted by molar-refractivity contribution is 7.92. The van der Waals surface area contributed by atoms with Gasteiger partial charge in [0.15, 0.2) is 0 Å². The van der Waals surface area contributed by atoms with Crippen LogP contribution in [0.4, 0.5) is 5.69 Å². The largest absolute Gasteiger partial charge is 0.494 e. The maximum Gasteiger partial charge on any atom is 0.264 e. The summed E-state index contributed by atoms with van der Waals surface area (Å²) in [5, 5.41) is 3.11. The molecule has 0 saturated heterocycles. The fourth-order valence-corrected chi connectivity index (χ4v) is 6.25. The molecular formula is C24H30N2O4S. The lowest BCUT2D eigenvalue weighted by atomic mass is 9.95. The van der Waals surface area contributed by atoms with Crippen molar-refractivity contribution in [3.8, 4) is 5.75 Å². The van der Waals surface area contributed by atoms with Gasteiger partial charge in [-0.05, 0) is 81.3 Å². The van der Waals surface area contributed by atoms with E-state index < -0.39 is 10.0 Å². The van der Waals surface area contributed by atoms with Gasteiger partial charge < -0.3 is 10.1 Å². The van der Waals surface area contributed by atoms with Gasteiger partial charge >= 0.3 is 0 Å². The van der Waals surface area contributed by atoms with Crippen LogP contribution >= 0.6 is 0 Å². The Balaban J connectivity index is 1.58. The maximum absolute atomic E-state index is 13.5. The van der Waals surface area contributed by atoms with E-state index in [9.17, 15) is 13.2 Å². The van der Waals surface area contributed by atoms with Crippen molar-refractivity contribution < 1.29 is 17.9 Å². The molecule has 2 fully saturated rings. The first-order valence-electron chi connectivity index (χ1n) is 11.0. The molecule has 0 aromatic heterocycles. The zero-order chi connectivity index (χ0) is 22.0. The molecule has 2 aromatic rings. The van der Waals surface area contributed by atoms with E-state index in [4.69, 9.17) is 4.74 Å². The van der Waals surface area contributed by atoms with E-state index in [0.717, 1.165) is 18.4 Å². The number of carbonyl (C=O) groups is 1. The molecule has 1 N–H and O–H groups in total. The first kappa shape index (κ1) is 21.7. The summed E-state index contributed by atoms with van der Waals surface area (Å²) >= 11 is 0. The molecular weight excluding hydrogens is 412 g/mol. The second-order valence-corrected chi connectivity index (χ2v) is 10.5. The molecule has 2 aromatic carbocycles. The van der Waals surface area contributed by atoms with E-state index in [1.807, 2.05) is 13.8 Å². The Hall–Kier alpha value is -2.54. The zero-order valence-electron chi connectivity index (χ0n) is 18.1. The van der Waals surface area contributed by atoms with E-state index in [0.29, 0.717) is 29.9 Å². The molecule has 0 radical (unpaired) electrons. The molecule has 166 valence electrons. The first-order chi connectivity index (χ1) is 14.9. The van der Waals surface area contributed by atoms with E-state index in [1.165, 1.54) is 17.1 Å². The molecule has 2 saturated carbocycles. The minimum Gasteiger partial charge on any atom is -0.494 e. The lowest BCUT2D eigenvalue weighted by Gasteiger charge is -2.27. The van der Waals surface area contributed by atoms with Gasteiger partial charge in [-0.15, -0.1) is 0 Å². The van der Waals surface area contributed by atoms with Crippen LogP contribution in [0.3, 0.4) is 0 Å². The summed E-state index contributed by atoms with van der Waals surface area (Å²) in [5.41, 5.74) is 1.41. The molecule has 2 aliphatic rings. The number of benzene rings is 2. The fourth-order valence-electron chi connectivity index (χ4n) is 4.83. The SMILES string of the molecule is CCOc1ccc(N(CC(=O)N[C@H]2C[C@@H]3CC[C@@H]2C3)S(=O)(=O)c2ccc(C)cc2)cc1. The standard InChI is InChI=1S/C24H30N2O4S/c1-3-30-21-10-8-20(9-11-21)26(31(28,29)22-12-4-17(2)5-13-22)16-24(27)25-23-15-18-6-7-19(23)14-18/h4-5,8-13,18-19,23H,3,6-7,14-16H2,1-2H3,(H,25,27)/t18-,19-,23+/m1/s1. The molecule has 0 heterocycles. The van der Waals surface area contributed by atoms with Crippen LogP contribution < -0.4 is 14.4 Å². The van der Waals surface area contributed by atoms with Crippen molar-refractivity contribution in [2.45, 2.75) is 50.5 Å². The van der Waals surface area contributed by atoms with Crippen LogP contribution in [0.1, 0.15) is 38.2 Å². The van der Waals surface area contributed by atoms with Crippen molar-refractivity contribution >= 4 is 21.6 Å². The number of hydrogen-bond donors (Lipinski definition) is 1. The van der Waals surface area contributed by atoms with Gasteiger partial charge in [-0.2, -0.15) is 0 Å². The average Bonchev–Trinajstić information content (AvgIpc) is 3.36. The third-order valence-electron chi connectivity index (χ3n) is 6.42. The third-order valence-corrected chi connectivity index (χ3v) is 8.20.